The fourth-order valence-electron chi connectivity index (χ4n) is 4.04. The summed E-state index contributed by atoms with van der Waals surface area (Å²) in [5, 5.41) is 9.71. The lowest BCUT2D eigenvalue weighted by Gasteiger charge is -2.45. The van der Waals surface area contributed by atoms with Crippen molar-refractivity contribution in [1.82, 2.24) is 0 Å². The minimum atomic E-state index is 0.0798. The van der Waals surface area contributed by atoms with Gasteiger partial charge in [0.1, 0.15) is 0 Å². The van der Waals surface area contributed by atoms with Crippen LogP contribution in [0.5, 0.6) is 0 Å². The molecule has 19 heavy (non-hydrogen) atoms. The van der Waals surface area contributed by atoms with Crippen molar-refractivity contribution in [2.75, 3.05) is 0 Å². The SMILES string of the molecule is CCCC1(CCC)c2c(CO)cccc2CCC1N. The van der Waals surface area contributed by atoms with Crippen molar-refractivity contribution in [3.63, 3.8) is 0 Å². The Morgan fingerprint density at radius 1 is 1.26 bits per heavy atom. The Morgan fingerprint density at radius 3 is 2.53 bits per heavy atom. The zero-order valence-corrected chi connectivity index (χ0v) is 12.3. The first-order chi connectivity index (χ1) is 9.19. The van der Waals surface area contributed by atoms with Crippen molar-refractivity contribution in [1.29, 1.82) is 0 Å². The average molecular weight is 261 g/mol. The summed E-state index contributed by atoms with van der Waals surface area (Å²) in [5.74, 6) is 0. The van der Waals surface area contributed by atoms with Crippen LogP contribution in [0.2, 0.25) is 0 Å². The topological polar surface area (TPSA) is 46.2 Å². The van der Waals surface area contributed by atoms with Gasteiger partial charge in [0.2, 0.25) is 0 Å². The van der Waals surface area contributed by atoms with Crippen LogP contribution in [0.1, 0.15) is 62.6 Å². The molecule has 1 unspecified atom stereocenters. The van der Waals surface area contributed by atoms with Gasteiger partial charge in [0.05, 0.1) is 6.61 Å². The number of aryl methyl sites for hydroxylation is 1. The van der Waals surface area contributed by atoms with Crippen LogP contribution in [0.4, 0.5) is 0 Å². The van der Waals surface area contributed by atoms with Crippen LogP contribution >= 0.6 is 0 Å². The monoisotopic (exact) mass is 261 g/mol. The van der Waals surface area contributed by atoms with Gasteiger partial charge in [-0.25, -0.2) is 0 Å². The molecule has 0 radical (unpaired) electrons. The molecule has 0 spiro atoms. The average Bonchev–Trinajstić information content (AvgIpc) is 2.43. The molecule has 1 aromatic rings. The molecular formula is C17H27NO. The van der Waals surface area contributed by atoms with Crippen molar-refractivity contribution in [2.24, 2.45) is 5.73 Å². The highest BCUT2D eigenvalue weighted by molar-refractivity contribution is 5.44. The van der Waals surface area contributed by atoms with Gasteiger partial charge in [-0.2, -0.15) is 0 Å². The maximum Gasteiger partial charge on any atom is 0.0684 e. The first-order valence-corrected chi connectivity index (χ1v) is 7.67. The van der Waals surface area contributed by atoms with E-state index in [2.05, 4.69) is 32.0 Å². The zero-order valence-electron chi connectivity index (χ0n) is 12.3. The smallest absolute Gasteiger partial charge is 0.0684 e. The van der Waals surface area contributed by atoms with Gasteiger partial charge in [0.25, 0.3) is 0 Å². The van der Waals surface area contributed by atoms with Gasteiger partial charge < -0.3 is 10.8 Å². The molecule has 0 bridgehead atoms. The van der Waals surface area contributed by atoms with E-state index in [1.165, 1.54) is 11.1 Å². The quantitative estimate of drug-likeness (QED) is 0.854. The lowest BCUT2D eigenvalue weighted by Crippen LogP contribution is -2.49. The van der Waals surface area contributed by atoms with E-state index in [-0.39, 0.29) is 18.1 Å². The van der Waals surface area contributed by atoms with Crippen molar-refractivity contribution < 1.29 is 5.11 Å². The second-order valence-electron chi connectivity index (χ2n) is 5.91. The Balaban J connectivity index is 2.59. The first kappa shape index (κ1) is 14.5. The number of fused-ring (bicyclic) bond motifs is 1. The second-order valence-corrected chi connectivity index (χ2v) is 5.91. The molecule has 106 valence electrons. The Labute approximate surface area is 117 Å². The van der Waals surface area contributed by atoms with E-state index in [1.807, 2.05) is 0 Å². The van der Waals surface area contributed by atoms with Gasteiger partial charge in [0, 0.05) is 11.5 Å². The number of hydrogen-bond donors (Lipinski definition) is 2. The molecule has 1 atom stereocenters. The molecule has 0 saturated carbocycles. The van der Waals surface area contributed by atoms with Gasteiger partial charge in [-0.05, 0) is 42.4 Å². The van der Waals surface area contributed by atoms with Crippen LogP contribution in [-0.4, -0.2) is 11.1 Å². The Hall–Kier alpha value is -0.860. The number of aliphatic hydroxyl groups is 1. The van der Waals surface area contributed by atoms with Gasteiger partial charge >= 0.3 is 0 Å². The molecular weight excluding hydrogens is 234 g/mol. The van der Waals surface area contributed by atoms with E-state index in [4.69, 9.17) is 5.73 Å². The molecule has 2 rings (SSSR count). The summed E-state index contributed by atoms with van der Waals surface area (Å²) in [5.41, 5.74) is 10.5. The molecule has 0 saturated heterocycles. The second kappa shape index (κ2) is 6.06. The summed E-state index contributed by atoms with van der Waals surface area (Å²) < 4.78 is 0. The van der Waals surface area contributed by atoms with Crippen LogP contribution in [-0.2, 0) is 18.4 Å². The number of benzene rings is 1. The maximum atomic E-state index is 9.71. The zero-order chi connectivity index (χ0) is 13.9. The Morgan fingerprint density at radius 2 is 1.95 bits per heavy atom. The van der Waals surface area contributed by atoms with Crippen molar-refractivity contribution in [3.05, 3.63) is 34.9 Å². The van der Waals surface area contributed by atoms with E-state index in [1.54, 1.807) is 0 Å². The molecule has 0 aromatic heterocycles. The molecule has 3 N–H and O–H groups in total. The van der Waals surface area contributed by atoms with Crippen molar-refractivity contribution in [3.8, 4) is 0 Å². The third-order valence-corrected chi connectivity index (χ3v) is 4.73. The van der Waals surface area contributed by atoms with Gasteiger partial charge in [-0.15, -0.1) is 0 Å². The summed E-state index contributed by atoms with van der Waals surface area (Å²) in [6, 6.07) is 6.59. The lowest BCUT2D eigenvalue weighted by molar-refractivity contribution is 0.242. The van der Waals surface area contributed by atoms with Crippen molar-refractivity contribution in [2.45, 2.75) is 70.4 Å². The van der Waals surface area contributed by atoms with Crippen LogP contribution in [0.25, 0.3) is 0 Å². The molecule has 2 heteroatoms. The third-order valence-electron chi connectivity index (χ3n) is 4.73. The minimum absolute atomic E-state index is 0.0798. The highest BCUT2D eigenvalue weighted by Gasteiger charge is 2.42. The largest absolute Gasteiger partial charge is 0.392 e. The van der Waals surface area contributed by atoms with Crippen LogP contribution < -0.4 is 5.73 Å². The van der Waals surface area contributed by atoms with E-state index in [0.29, 0.717) is 0 Å². The van der Waals surface area contributed by atoms with E-state index < -0.39 is 0 Å². The van der Waals surface area contributed by atoms with Gasteiger partial charge in [-0.3, -0.25) is 0 Å². The standard InChI is InChI=1S/C17H27NO/c1-3-10-17(11-4-2)15(18)9-8-13-6-5-7-14(12-19)16(13)17/h5-7,15,19H,3-4,8-12,18H2,1-2H3. The molecule has 1 aliphatic carbocycles. The normalized spacial score (nSPS) is 21.2. The molecule has 0 heterocycles. The highest BCUT2D eigenvalue weighted by atomic mass is 16.3. The molecule has 0 fully saturated rings. The fraction of sp³-hybridized carbons (Fsp3) is 0.647. The summed E-state index contributed by atoms with van der Waals surface area (Å²) in [4.78, 5) is 0. The Kier molecular flexibility index (Phi) is 4.64. The predicted molar refractivity (Wildman–Crippen MR) is 80.2 cm³/mol. The third kappa shape index (κ3) is 2.44. The molecule has 2 nitrogen and oxygen atoms in total. The van der Waals surface area contributed by atoms with Crippen molar-refractivity contribution >= 4 is 0 Å². The molecule has 0 amide bonds. The number of nitrogens with two attached hydrogens (primary N) is 1. The Bertz CT molecular complexity index is 407. The van der Waals surface area contributed by atoms with Gasteiger partial charge in [0.15, 0.2) is 0 Å². The van der Waals surface area contributed by atoms with E-state index >= 15 is 0 Å². The highest BCUT2D eigenvalue weighted by Crippen LogP contribution is 2.45. The molecule has 1 aliphatic rings. The number of rotatable bonds is 5. The maximum absolute atomic E-state index is 9.71. The molecule has 1 aromatic carbocycles. The van der Waals surface area contributed by atoms with Crippen LogP contribution in [0.3, 0.4) is 0 Å². The number of hydrogen-bond acceptors (Lipinski definition) is 2. The predicted octanol–water partition coefficient (Wildman–Crippen LogP) is 3.29. The first-order valence-electron chi connectivity index (χ1n) is 7.67. The summed E-state index contributed by atoms with van der Waals surface area (Å²) in [7, 11) is 0. The lowest BCUT2D eigenvalue weighted by atomic mass is 9.61. The summed E-state index contributed by atoms with van der Waals surface area (Å²) >= 11 is 0. The summed E-state index contributed by atoms with van der Waals surface area (Å²) in [6.07, 6.45) is 6.68. The van der Waals surface area contributed by atoms with E-state index in [0.717, 1.165) is 44.1 Å². The van der Waals surface area contributed by atoms with Gasteiger partial charge in [-0.1, -0.05) is 44.9 Å². The van der Waals surface area contributed by atoms with E-state index in [9.17, 15) is 5.11 Å². The minimum Gasteiger partial charge on any atom is -0.392 e. The van der Waals surface area contributed by atoms with Crippen LogP contribution in [0.15, 0.2) is 18.2 Å². The van der Waals surface area contributed by atoms with Crippen LogP contribution in [0, 0.1) is 0 Å². The summed E-state index contributed by atoms with van der Waals surface area (Å²) in [6.45, 7) is 4.60. The molecule has 0 aliphatic heterocycles. The fourth-order valence-corrected chi connectivity index (χ4v) is 4.04. The number of aliphatic hydroxyl groups excluding tert-OH is 1.